The van der Waals surface area contributed by atoms with Gasteiger partial charge in [-0.25, -0.2) is 13.4 Å². The van der Waals surface area contributed by atoms with Crippen LogP contribution in [0.25, 0.3) is 5.65 Å². The topological polar surface area (TPSA) is 80.5 Å². The van der Waals surface area contributed by atoms with Crippen LogP contribution in [0.3, 0.4) is 0 Å². The maximum Gasteiger partial charge on any atom is 0.261 e. The van der Waals surface area contributed by atoms with E-state index in [-0.39, 0.29) is 10.9 Å². The van der Waals surface area contributed by atoms with E-state index in [1.54, 1.807) is 10.9 Å². The van der Waals surface area contributed by atoms with Crippen LogP contribution in [0.1, 0.15) is 24.6 Å². The third-order valence-corrected chi connectivity index (χ3v) is 6.60. The number of fused-ring (bicyclic) bond motifs is 1. The van der Waals surface area contributed by atoms with Crippen LogP contribution < -0.4 is 0 Å². The lowest BCUT2D eigenvalue weighted by atomic mass is 9.99. The quantitative estimate of drug-likeness (QED) is 0.720. The summed E-state index contributed by atoms with van der Waals surface area (Å²) in [6.45, 7) is 0.933. The van der Waals surface area contributed by atoms with Crippen molar-refractivity contribution in [2.45, 2.75) is 23.8 Å². The molecule has 0 unspecified atom stereocenters. The summed E-state index contributed by atoms with van der Waals surface area (Å²) in [4.78, 5) is 3.96. The molecule has 7 nitrogen and oxygen atoms in total. The Morgan fingerprint density at radius 3 is 3.00 bits per heavy atom. The molecular weight excluding hydrogens is 334 g/mol. The van der Waals surface area contributed by atoms with E-state index in [0.717, 1.165) is 24.3 Å². The van der Waals surface area contributed by atoms with Gasteiger partial charge in [0.15, 0.2) is 10.7 Å². The first-order valence-corrected chi connectivity index (χ1v) is 9.72. The van der Waals surface area contributed by atoms with Gasteiger partial charge in [0.05, 0.1) is 5.51 Å². The van der Waals surface area contributed by atoms with Gasteiger partial charge in [0.25, 0.3) is 10.0 Å². The molecule has 0 amide bonds. The van der Waals surface area contributed by atoms with Gasteiger partial charge in [0.1, 0.15) is 5.82 Å². The van der Waals surface area contributed by atoms with Gasteiger partial charge in [-0.3, -0.25) is 4.40 Å². The minimum Gasteiger partial charge on any atom is -0.286 e. The van der Waals surface area contributed by atoms with E-state index in [1.807, 2.05) is 28.8 Å². The summed E-state index contributed by atoms with van der Waals surface area (Å²) >= 11 is 1.29. The molecule has 3 aromatic heterocycles. The molecule has 23 heavy (non-hydrogen) atoms. The lowest BCUT2D eigenvalue weighted by Gasteiger charge is -2.30. The summed E-state index contributed by atoms with van der Waals surface area (Å²) < 4.78 is 28.8. The molecule has 120 valence electrons. The highest BCUT2D eigenvalue weighted by Crippen LogP contribution is 2.29. The molecule has 0 bridgehead atoms. The van der Waals surface area contributed by atoms with Crippen molar-refractivity contribution in [3.63, 3.8) is 0 Å². The van der Waals surface area contributed by atoms with Crippen LogP contribution >= 0.6 is 11.3 Å². The molecule has 0 saturated carbocycles. The van der Waals surface area contributed by atoms with Gasteiger partial charge in [0.2, 0.25) is 0 Å². The molecule has 0 radical (unpaired) electrons. The number of hydrogen-bond acceptors (Lipinski definition) is 6. The van der Waals surface area contributed by atoms with E-state index >= 15 is 0 Å². The summed E-state index contributed by atoms with van der Waals surface area (Å²) in [6, 6.07) is 5.73. The van der Waals surface area contributed by atoms with Gasteiger partial charge in [-0.05, 0) is 25.0 Å². The maximum absolute atomic E-state index is 12.7. The van der Waals surface area contributed by atoms with Crippen LogP contribution in [0.5, 0.6) is 0 Å². The summed E-state index contributed by atoms with van der Waals surface area (Å²) in [6.07, 6.45) is 3.62. The Hall–Kier alpha value is -1.84. The highest BCUT2D eigenvalue weighted by atomic mass is 32.2. The minimum atomic E-state index is -3.52. The van der Waals surface area contributed by atoms with Crippen LogP contribution in [-0.4, -0.2) is 45.4 Å². The van der Waals surface area contributed by atoms with Crippen LogP contribution in [0.15, 0.2) is 40.3 Å². The van der Waals surface area contributed by atoms with Crippen LogP contribution in [0.2, 0.25) is 0 Å². The number of pyridine rings is 1. The first-order chi connectivity index (χ1) is 11.2. The van der Waals surface area contributed by atoms with Gasteiger partial charge < -0.3 is 0 Å². The summed E-state index contributed by atoms with van der Waals surface area (Å²) in [7, 11) is -3.52. The second-order valence-corrected chi connectivity index (χ2v) is 8.12. The number of rotatable bonds is 3. The third-order valence-electron chi connectivity index (χ3n) is 4.10. The largest absolute Gasteiger partial charge is 0.286 e. The van der Waals surface area contributed by atoms with Crippen molar-refractivity contribution in [2.24, 2.45) is 0 Å². The van der Waals surface area contributed by atoms with Gasteiger partial charge >= 0.3 is 0 Å². The Morgan fingerprint density at radius 2 is 2.17 bits per heavy atom. The minimum absolute atomic E-state index is 0.0366. The van der Waals surface area contributed by atoms with Gasteiger partial charge in [0, 0.05) is 30.6 Å². The molecule has 0 aromatic carbocycles. The first-order valence-electron chi connectivity index (χ1n) is 7.34. The Morgan fingerprint density at radius 1 is 1.26 bits per heavy atom. The molecular formula is C14H15N5O2S2. The Balaban J connectivity index is 1.65. The molecule has 0 aliphatic carbocycles. The normalized spacial score (nSPS) is 20.1. The predicted molar refractivity (Wildman–Crippen MR) is 85.8 cm³/mol. The number of aromatic nitrogens is 4. The molecule has 1 atom stereocenters. The fourth-order valence-electron chi connectivity index (χ4n) is 2.97. The van der Waals surface area contributed by atoms with Crippen molar-refractivity contribution < 1.29 is 8.42 Å². The SMILES string of the molecule is O=S(=O)(c1cscn1)N1CCC[C@H](c2nnc3ccccn23)C1. The highest BCUT2D eigenvalue weighted by molar-refractivity contribution is 7.89. The lowest BCUT2D eigenvalue weighted by molar-refractivity contribution is 0.307. The fourth-order valence-corrected chi connectivity index (χ4v) is 5.30. The van der Waals surface area contributed by atoms with Gasteiger partial charge in [-0.1, -0.05) is 6.07 Å². The summed E-state index contributed by atoms with van der Waals surface area (Å²) in [5.41, 5.74) is 2.32. The van der Waals surface area contributed by atoms with Crippen LogP contribution in [0.4, 0.5) is 0 Å². The fraction of sp³-hybridized carbons (Fsp3) is 0.357. The molecule has 1 aliphatic heterocycles. The number of thiazole rings is 1. The van der Waals surface area contributed by atoms with Crippen molar-refractivity contribution in [3.05, 3.63) is 41.1 Å². The van der Waals surface area contributed by atoms with E-state index in [0.29, 0.717) is 13.1 Å². The van der Waals surface area contributed by atoms with E-state index in [2.05, 4.69) is 15.2 Å². The average molecular weight is 349 g/mol. The number of piperidine rings is 1. The molecule has 4 rings (SSSR count). The highest BCUT2D eigenvalue weighted by Gasteiger charge is 2.33. The van der Waals surface area contributed by atoms with Crippen LogP contribution in [0, 0.1) is 0 Å². The number of hydrogen-bond donors (Lipinski definition) is 0. The lowest BCUT2D eigenvalue weighted by Crippen LogP contribution is -2.39. The van der Waals surface area contributed by atoms with Crippen molar-refractivity contribution in [1.82, 2.24) is 23.9 Å². The Kier molecular flexibility index (Phi) is 3.63. The van der Waals surface area contributed by atoms with E-state index in [4.69, 9.17) is 0 Å². The van der Waals surface area contributed by atoms with Crippen LogP contribution in [-0.2, 0) is 10.0 Å². The Labute approximate surface area is 137 Å². The zero-order chi connectivity index (χ0) is 15.9. The third kappa shape index (κ3) is 2.54. The zero-order valence-corrected chi connectivity index (χ0v) is 13.9. The zero-order valence-electron chi connectivity index (χ0n) is 12.2. The standard InChI is InChI=1S/C14H15N5O2S2/c20-23(21,13-9-22-10-15-13)18-6-3-4-11(8-18)14-17-16-12-5-1-2-7-19(12)14/h1-2,5,7,9-11H,3-4,6,8H2/t11-/m0/s1. The van der Waals surface area contributed by atoms with E-state index < -0.39 is 10.0 Å². The number of sulfonamides is 1. The second kappa shape index (κ2) is 5.66. The van der Waals surface area contributed by atoms with Crippen molar-refractivity contribution in [1.29, 1.82) is 0 Å². The summed E-state index contributed by atoms with van der Waals surface area (Å²) in [5.74, 6) is 0.855. The monoisotopic (exact) mass is 349 g/mol. The maximum atomic E-state index is 12.7. The predicted octanol–water partition coefficient (Wildman–Crippen LogP) is 1.75. The van der Waals surface area contributed by atoms with Crippen molar-refractivity contribution in [2.75, 3.05) is 13.1 Å². The smallest absolute Gasteiger partial charge is 0.261 e. The Bertz CT molecular complexity index is 920. The molecule has 9 heteroatoms. The van der Waals surface area contributed by atoms with Gasteiger partial charge in [-0.15, -0.1) is 21.5 Å². The van der Waals surface area contributed by atoms with E-state index in [9.17, 15) is 8.42 Å². The molecule has 0 N–H and O–H groups in total. The molecule has 3 aromatic rings. The first kappa shape index (κ1) is 14.7. The van der Waals surface area contributed by atoms with Gasteiger partial charge in [-0.2, -0.15) is 4.31 Å². The summed E-state index contributed by atoms with van der Waals surface area (Å²) in [5, 5.41) is 10.1. The number of nitrogens with zero attached hydrogens (tertiary/aromatic N) is 5. The molecule has 4 heterocycles. The second-order valence-electron chi connectivity index (χ2n) is 5.52. The molecule has 1 saturated heterocycles. The van der Waals surface area contributed by atoms with E-state index in [1.165, 1.54) is 15.6 Å². The van der Waals surface area contributed by atoms with Crippen molar-refractivity contribution in [3.8, 4) is 0 Å². The molecule has 1 aliphatic rings. The molecule has 1 fully saturated rings. The molecule has 0 spiro atoms. The van der Waals surface area contributed by atoms with Crippen molar-refractivity contribution >= 4 is 27.0 Å². The average Bonchev–Trinajstić information content (AvgIpc) is 3.25.